The van der Waals surface area contributed by atoms with Gasteiger partial charge in [0.1, 0.15) is 0 Å². The molecule has 0 bridgehead atoms. The van der Waals surface area contributed by atoms with E-state index < -0.39 is 0 Å². The molecule has 0 atom stereocenters. The van der Waals surface area contributed by atoms with Crippen molar-refractivity contribution in [3.63, 3.8) is 0 Å². The number of hydrogen-bond donors (Lipinski definition) is 0. The Morgan fingerprint density at radius 3 is 2.62 bits per heavy atom. The fourth-order valence-electron chi connectivity index (χ4n) is 2.32. The van der Waals surface area contributed by atoms with Crippen molar-refractivity contribution in [3.8, 4) is 0 Å². The molecule has 0 aliphatic carbocycles. The summed E-state index contributed by atoms with van der Waals surface area (Å²) in [6.45, 7) is 3.99. The summed E-state index contributed by atoms with van der Waals surface area (Å²) in [6, 6.07) is 13.8. The van der Waals surface area contributed by atoms with Crippen LogP contribution < -0.4 is 4.90 Å². The molecule has 0 saturated carbocycles. The van der Waals surface area contributed by atoms with Crippen LogP contribution in [0.25, 0.3) is 10.2 Å². The van der Waals surface area contributed by atoms with E-state index in [1.165, 1.54) is 11.3 Å². The Morgan fingerprint density at radius 2 is 1.90 bits per heavy atom. The molecule has 0 saturated heterocycles. The second-order valence-electron chi connectivity index (χ2n) is 5.15. The van der Waals surface area contributed by atoms with Crippen LogP contribution in [-0.4, -0.2) is 17.9 Å². The molecule has 0 fully saturated rings. The molecule has 0 radical (unpaired) electrons. The molecule has 0 unspecified atom stereocenters. The first-order valence-corrected chi connectivity index (χ1v) is 7.59. The number of benzene rings is 2. The number of thiazole rings is 1. The Balaban J connectivity index is 1.97. The van der Waals surface area contributed by atoms with Gasteiger partial charge >= 0.3 is 0 Å². The molecule has 106 valence electrons. The van der Waals surface area contributed by atoms with Gasteiger partial charge in [-0.05, 0) is 37.6 Å². The Hall–Kier alpha value is -2.20. The maximum absolute atomic E-state index is 12.6. The lowest BCUT2D eigenvalue weighted by Gasteiger charge is -2.15. The maximum atomic E-state index is 12.6. The first-order valence-electron chi connectivity index (χ1n) is 6.77. The van der Waals surface area contributed by atoms with Gasteiger partial charge in [0, 0.05) is 12.6 Å². The molecule has 1 heterocycles. The second-order valence-corrected chi connectivity index (χ2v) is 6.16. The summed E-state index contributed by atoms with van der Waals surface area (Å²) in [4.78, 5) is 18.8. The number of carbonyl (C=O) groups excluding carboxylic acids is 1. The summed E-state index contributed by atoms with van der Waals surface area (Å²) in [5, 5.41) is 0.723. The monoisotopic (exact) mass is 296 g/mol. The van der Waals surface area contributed by atoms with E-state index in [1.54, 1.807) is 11.9 Å². The molecule has 3 nitrogen and oxygen atoms in total. The zero-order valence-corrected chi connectivity index (χ0v) is 13.1. The van der Waals surface area contributed by atoms with E-state index in [0.717, 1.165) is 32.0 Å². The zero-order valence-electron chi connectivity index (χ0n) is 12.3. The Labute approximate surface area is 127 Å². The molecule has 0 spiro atoms. The standard InChI is InChI=1S/C17H16N2OS/c1-11-8-9-13(12(2)10-11)16(20)19(3)17-18-14-6-4-5-7-15(14)21-17/h4-10H,1-3H3. The highest BCUT2D eigenvalue weighted by atomic mass is 32.1. The number of aryl methyl sites for hydroxylation is 2. The highest BCUT2D eigenvalue weighted by Crippen LogP contribution is 2.29. The van der Waals surface area contributed by atoms with Crippen LogP contribution >= 0.6 is 11.3 Å². The molecular formula is C17H16N2OS. The van der Waals surface area contributed by atoms with Crippen molar-refractivity contribution in [1.82, 2.24) is 4.98 Å². The lowest BCUT2D eigenvalue weighted by Crippen LogP contribution is -2.26. The van der Waals surface area contributed by atoms with Gasteiger partial charge in [-0.2, -0.15) is 0 Å². The quantitative estimate of drug-likeness (QED) is 0.710. The van der Waals surface area contributed by atoms with Gasteiger partial charge in [-0.1, -0.05) is 41.2 Å². The van der Waals surface area contributed by atoms with Crippen LogP contribution in [0.2, 0.25) is 0 Å². The fraction of sp³-hybridized carbons (Fsp3) is 0.176. The summed E-state index contributed by atoms with van der Waals surface area (Å²) >= 11 is 1.53. The normalized spacial score (nSPS) is 10.8. The lowest BCUT2D eigenvalue weighted by atomic mass is 10.1. The van der Waals surface area contributed by atoms with Crippen molar-refractivity contribution < 1.29 is 4.79 Å². The summed E-state index contributed by atoms with van der Waals surface area (Å²) in [7, 11) is 1.78. The van der Waals surface area contributed by atoms with E-state index >= 15 is 0 Å². The van der Waals surface area contributed by atoms with Gasteiger partial charge in [0.2, 0.25) is 0 Å². The largest absolute Gasteiger partial charge is 0.287 e. The minimum Gasteiger partial charge on any atom is -0.287 e. The van der Waals surface area contributed by atoms with Crippen molar-refractivity contribution >= 4 is 32.6 Å². The van der Waals surface area contributed by atoms with Gasteiger partial charge in [0.05, 0.1) is 10.2 Å². The summed E-state index contributed by atoms with van der Waals surface area (Å²) < 4.78 is 1.09. The van der Waals surface area contributed by atoms with E-state index in [9.17, 15) is 4.79 Å². The number of aromatic nitrogens is 1. The van der Waals surface area contributed by atoms with E-state index in [2.05, 4.69) is 4.98 Å². The molecule has 0 aliphatic rings. The summed E-state index contributed by atoms with van der Waals surface area (Å²) in [5.41, 5.74) is 3.81. The van der Waals surface area contributed by atoms with Gasteiger partial charge in [0.25, 0.3) is 5.91 Å². The van der Waals surface area contributed by atoms with Crippen molar-refractivity contribution in [2.75, 3.05) is 11.9 Å². The third-order valence-electron chi connectivity index (χ3n) is 3.49. The van der Waals surface area contributed by atoms with Crippen LogP contribution in [0.5, 0.6) is 0 Å². The summed E-state index contributed by atoms with van der Waals surface area (Å²) in [5.74, 6) is -0.0217. The van der Waals surface area contributed by atoms with E-state index in [1.807, 2.05) is 56.3 Å². The van der Waals surface area contributed by atoms with E-state index in [0.29, 0.717) is 0 Å². The highest BCUT2D eigenvalue weighted by molar-refractivity contribution is 7.22. The van der Waals surface area contributed by atoms with Crippen LogP contribution in [0.4, 0.5) is 5.13 Å². The first kappa shape index (κ1) is 13.8. The number of para-hydroxylation sites is 1. The van der Waals surface area contributed by atoms with E-state index in [-0.39, 0.29) is 5.91 Å². The lowest BCUT2D eigenvalue weighted by molar-refractivity contribution is 0.0992. The fourth-order valence-corrected chi connectivity index (χ4v) is 3.25. The third kappa shape index (κ3) is 2.54. The van der Waals surface area contributed by atoms with Crippen LogP contribution in [-0.2, 0) is 0 Å². The molecule has 0 aliphatic heterocycles. The molecule has 0 N–H and O–H groups in total. The van der Waals surface area contributed by atoms with Crippen molar-refractivity contribution in [2.24, 2.45) is 0 Å². The van der Waals surface area contributed by atoms with Crippen LogP contribution in [0, 0.1) is 13.8 Å². The van der Waals surface area contributed by atoms with Crippen LogP contribution in [0.1, 0.15) is 21.5 Å². The number of rotatable bonds is 2. The Bertz CT molecular complexity index is 790. The number of carbonyl (C=O) groups is 1. The second kappa shape index (κ2) is 5.30. The van der Waals surface area contributed by atoms with Gasteiger partial charge in [0.15, 0.2) is 5.13 Å². The molecule has 3 aromatic rings. The van der Waals surface area contributed by atoms with Gasteiger partial charge in [-0.25, -0.2) is 4.98 Å². The molecular weight excluding hydrogens is 280 g/mol. The van der Waals surface area contributed by atoms with E-state index in [4.69, 9.17) is 0 Å². The smallest absolute Gasteiger partial charge is 0.260 e. The van der Waals surface area contributed by atoms with Crippen molar-refractivity contribution in [2.45, 2.75) is 13.8 Å². The number of anilines is 1. The minimum absolute atomic E-state index is 0.0217. The topological polar surface area (TPSA) is 33.2 Å². The van der Waals surface area contributed by atoms with Crippen molar-refractivity contribution in [1.29, 1.82) is 0 Å². The van der Waals surface area contributed by atoms with Crippen LogP contribution in [0.3, 0.4) is 0 Å². The predicted octanol–water partition coefficient (Wildman–Crippen LogP) is 4.19. The zero-order chi connectivity index (χ0) is 15.0. The first-order chi connectivity index (χ1) is 10.1. The number of nitrogens with zero attached hydrogens (tertiary/aromatic N) is 2. The van der Waals surface area contributed by atoms with Gasteiger partial charge in [-0.15, -0.1) is 0 Å². The Kier molecular flexibility index (Phi) is 3.47. The molecule has 1 amide bonds. The highest BCUT2D eigenvalue weighted by Gasteiger charge is 2.18. The molecule has 21 heavy (non-hydrogen) atoms. The maximum Gasteiger partial charge on any atom is 0.260 e. The summed E-state index contributed by atoms with van der Waals surface area (Å²) in [6.07, 6.45) is 0. The molecule has 4 heteroatoms. The van der Waals surface area contributed by atoms with Gasteiger partial charge in [-0.3, -0.25) is 9.69 Å². The minimum atomic E-state index is -0.0217. The molecule has 3 rings (SSSR count). The number of amides is 1. The third-order valence-corrected chi connectivity index (χ3v) is 4.60. The molecule has 2 aromatic carbocycles. The number of fused-ring (bicyclic) bond motifs is 1. The predicted molar refractivity (Wildman–Crippen MR) is 88.3 cm³/mol. The van der Waals surface area contributed by atoms with Crippen LogP contribution in [0.15, 0.2) is 42.5 Å². The van der Waals surface area contributed by atoms with Gasteiger partial charge < -0.3 is 0 Å². The Morgan fingerprint density at radius 1 is 1.14 bits per heavy atom. The van der Waals surface area contributed by atoms with Crippen molar-refractivity contribution in [3.05, 3.63) is 59.2 Å². The number of hydrogen-bond acceptors (Lipinski definition) is 3. The SMILES string of the molecule is Cc1ccc(C(=O)N(C)c2nc3ccccc3s2)c(C)c1. The molecule has 1 aromatic heterocycles. The average Bonchev–Trinajstić information content (AvgIpc) is 2.89. The average molecular weight is 296 g/mol.